The molecule has 3 aromatic rings. The van der Waals surface area contributed by atoms with Crippen LogP contribution in [-0.4, -0.2) is 43.1 Å². The lowest BCUT2D eigenvalue weighted by atomic mass is 9.97. The van der Waals surface area contributed by atoms with Gasteiger partial charge in [-0.25, -0.2) is 4.39 Å². The zero-order valence-electron chi connectivity index (χ0n) is 20.0. The van der Waals surface area contributed by atoms with Crippen LogP contribution in [0.5, 0.6) is 0 Å². The Morgan fingerprint density at radius 1 is 1.19 bits per heavy atom. The number of alkyl halides is 3. The van der Waals surface area contributed by atoms with E-state index >= 15 is 0 Å². The first-order valence-electron chi connectivity index (χ1n) is 12.0. The van der Waals surface area contributed by atoms with E-state index in [1.54, 1.807) is 25.5 Å². The van der Waals surface area contributed by atoms with Gasteiger partial charge in [0.25, 0.3) is 0 Å². The van der Waals surface area contributed by atoms with Crippen LogP contribution in [0.2, 0.25) is 5.02 Å². The van der Waals surface area contributed by atoms with Crippen LogP contribution in [0.25, 0.3) is 0 Å². The second-order valence-corrected chi connectivity index (χ2v) is 9.89. The minimum Gasteiger partial charge on any atom is -0.332 e. The molecule has 1 saturated heterocycles. The number of hydrogen-bond donors (Lipinski definition) is 1. The predicted molar refractivity (Wildman–Crippen MR) is 127 cm³/mol. The second kappa shape index (κ2) is 10.0. The number of nitrogens with zero attached hydrogens (tertiary/aromatic N) is 5. The Morgan fingerprint density at radius 3 is 2.65 bits per heavy atom. The quantitative estimate of drug-likeness (QED) is 0.439. The van der Waals surface area contributed by atoms with Crippen molar-refractivity contribution in [3.05, 3.63) is 75.8 Å². The summed E-state index contributed by atoms with van der Waals surface area (Å²) in [5.74, 6) is -1.06. The van der Waals surface area contributed by atoms with Gasteiger partial charge in [0.2, 0.25) is 5.91 Å². The Bertz CT molecular complexity index is 1290. The monoisotopic (exact) mass is 536 g/mol. The van der Waals surface area contributed by atoms with E-state index in [0.717, 1.165) is 23.6 Å². The summed E-state index contributed by atoms with van der Waals surface area (Å²) in [6.07, 6.45) is 2.13. The minimum atomic E-state index is -4.64. The standard InChI is InChI=1S/C25H25ClF4N6O/c1-14-8-16(27)9-18(23(14)26)24-19(33-12-17-11-31-5-6-32-17)4-7-35(24)22(37)13-36-21(25(28,29)30)10-20(34-36)15-2-3-15/h5-6,8-11,15,19,24,33H,2-4,7,12-13H2,1H3/t19-,24?/m1/s1. The highest BCUT2D eigenvalue weighted by molar-refractivity contribution is 6.32. The van der Waals surface area contributed by atoms with Crippen LogP contribution in [0, 0.1) is 12.7 Å². The van der Waals surface area contributed by atoms with Crippen LogP contribution in [0.1, 0.15) is 59.4 Å². The lowest BCUT2D eigenvalue weighted by Gasteiger charge is -2.30. The number of likely N-dealkylation sites (tertiary alicyclic amines) is 1. The van der Waals surface area contributed by atoms with E-state index in [4.69, 9.17) is 11.6 Å². The SMILES string of the molecule is Cc1cc(F)cc(C2[C@H](NCc3cnccn3)CCN2C(=O)Cn2nc(C3CC3)cc2C(F)(F)F)c1Cl. The average Bonchev–Trinajstić information content (AvgIpc) is 3.47. The molecular weight excluding hydrogens is 512 g/mol. The van der Waals surface area contributed by atoms with Crippen molar-refractivity contribution < 1.29 is 22.4 Å². The van der Waals surface area contributed by atoms with Gasteiger partial charge in [-0.3, -0.25) is 19.4 Å². The molecule has 0 radical (unpaired) electrons. The molecule has 12 heteroatoms. The fourth-order valence-electron chi connectivity index (χ4n) is 4.88. The van der Waals surface area contributed by atoms with Gasteiger partial charge in [-0.1, -0.05) is 11.6 Å². The highest BCUT2D eigenvalue weighted by Crippen LogP contribution is 2.42. The van der Waals surface area contributed by atoms with E-state index in [9.17, 15) is 22.4 Å². The number of nitrogens with one attached hydrogen (secondary N) is 1. The molecule has 0 bridgehead atoms. The number of hydrogen-bond acceptors (Lipinski definition) is 5. The van der Waals surface area contributed by atoms with Gasteiger partial charge in [-0.05, 0) is 55.5 Å². The normalized spacial score (nSPS) is 20.0. The summed E-state index contributed by atoms with van der Waals surface area (Å²) in [7, 11) is 0. The first-order chi connectivity index (χ1) is 17.6. The first kappa shape index (κ1) is 25.6. The van der Waals surface area contributed by atoms with Crippen molar-refractivity contribution in [3.8, 4) is 0 Å². The van der Waals surface area contributed by atoms with Crippen LogP contribution >= 0.6 is 11.6 Å². The van der Waals surface area contributed by atoms with Crippen LogP contribution in [-0.2, 0) is 24.1 Å². The number of carbonyl (C=O) groups is 1. The molecule has 1 amide bonds. The first-order valence-corrected chi connectivity index (χ1v) is 12.4. The summed E-state index contributed by atoms with van der Waals surface area (Å²) in [5.41, 5.74) is 0.980. The Kier molecular flexibility index (Phi) is 6.93. The van der Waals surface area contributed by atoms with Crippen molar-refractivity contribution in [2.75, 3.05) is 6.54 Å². The summed E-state index contributed by atoms with van der Waals surface area (Å²) in [5, 5.41) is 7.77. The van der Waals surface area contributed by atoms with Crippen LogP contribution < -0.4 is 5.32 Å². The third-order valence-corrected chi connectivity index (χ3v) is 7.33. The molecule has 1 unspecified atom stereocenters. The Labute approximate surface area is 215 Å². The fraction of sp³-hybridized carbons (Fsp3) is 0.440. The zero-order chi connectivity index (χ0) is 26.3. The Morgan fingerprint density at radius 2 is 1.97 bits per heavy atom. The van der Waals surface area contributed by atoms with Gasteiger partial charge in [0.05, 0.1) is 17.4 Å². The molecule has 2 fully saturated rings. The molecule has 2 aliphatic rings. The van der Waals surface area contributed by atoms with E-state index in [1.165, 1.54) is 17.0 Å². The maximum Gasteiger partial charge on any atom is 0.433 e. The predicted octanol–water partition coefficient (Wildman–Crippen LogP) is 4.80. The van der Waals surface area contributed by atoms with E-state index in [-0.39, 0.29) is 18.5 Å². The summed E-state index contributed by atoms with van der Waals surface area (Å²) < 4.78 is 56.3. The molecular formula is C25H25ClF4N6O. The van der Waals surface area contributed by atoms with E-state index in [0.29, 0.717) is 40.5 Å². The largest absolute Gasteiger partial charge is 0.433 e. The van der Waals surface area contributed by atoms with Crippen molar-refractivity contribution in [3.63, 3.8) is 0 Å². The molecule has 1 N–H and O–H groups in total. The molecule has 196 valence electrons. The van der Waals surface area contributed by atoms with Crippen molar-refractivity contribution >= 4 is 17.5 Å². The molecule has 3 heterocycles. The third kappa shape index (κ3) is 5.47. The van der Waals surface area contributed by atoms with E-state index in [1.807, 2.05) is 0 Å². The number of halogens is 5. The smallest absolute Gasteiger partial charge is 0.332 e. The number of benzene rings is 1. The topological polar surface area (TPSA) is 75.9 Å². The van der Waals surface area contributed by atoms with Crippen LogP contribution in [0.4, 0.5) is 17.6 Å². The van der Waals surface area contributed by atoms with Gasteiger partial charge in [-0.15, -0.1) is 0 Å². The minimum absolute atomic E-state index is 0.000675. The van der Waals surface area contributed by atoms with Crippen molar-refractivity contribution in [2.24, 2.45) is 0 Å². The molecule has 1 saturated carbocycles. The molecule has 1 aliphatic carbocycles. The molecule has 2 aromatic heterocycles. The fourth-order valence-corrected chi connectivity index (χ4v) is 5.10. The number of aromatic nitrogens is 4. The lowest BCUT2D eigenvalue weighted by molar-refractivity contribution is -0.146. The Hall–Kier alpha value is -3.05. The van der Waals surface area contributed by atoms with Crippen molar-refractivity contribution in [2.45, 2.75) is 63.5 Å². The summed E-state index contributed by atoms with van der Waals surface area (Å²) in [4.78, 5) is 23.2. The van der Waals surface area contributed by atoms with Gasteiger partial charge in [-0.2, -0.15) is 18.3 Å². The highest BCUT2D eigenvalue weighted by atomic mass is 35.5. The number of aryl methyl sites for hydroxylation is 1. The van der Waals surface area contributed by atoms with Gasteiger partial charge < -0.3 is 10.2 Å². The molecule has 7 nitrogen and oxygen atoms in total. The maximum absolute atomic E-state index is 14.4. The van der Waals surface area contributed by atoms with Gasteiger partial charge in [0, 0.05) is 48.7 Å². The van der Waals surface area contributed by atoms with E-state index < -0.39 is 36.2 Å². The zero-order valence-corrected chi connectivity index (χ0v) is 20.7. The average molecular weight is 537 g/mol. The molecule has 1 aromatic carbocycles. The molecule has 0 spiro atoms. The summed E-state index contributed by atoms with van der Waals surface area (Å²) >= 11 is 6.57. The maximum atomic E-state index is 14.4. The van der Waals surface area contributed by atoms with Gasteiger partial charge in [0.15, 0.2) is 0 Å². The van der Waals surface area contributed by atoms with Gasteiger partial charge >= 0.3 is 6.18 Å². The van der Waals surface area contributed by atoms with Gasteiger partial charge in [0.1, 0.15) is 18.1 Å². The number of carbonyl (C=O) groups excluding carboxylic acids is 1. The molecule has 2 atom stereocenters. The summed E-state index contributed by atoms with van der Waals surface area (Å²) in [6, 6.07) is 2.58. The highest BCUT2D eigenvalue weighted by Gasteiger charge is 2.42. The molecule has 5 rings (SSSR count). The number of rotatable bonds is 7. The van der Waals surface area contributed by atoms with Crippen LogP contribution in [0.15, 0.2) is 36.8 Å². The Balaban J connectivity index is 1.44. The second-order valence-electron chi connectivity index (χ2n) is 9.51. The number of amides is 1. The third-order valence-electron chi connectivity index (χ3n) is 6.82. The van der Waals surface area contributed by atoms with Crippen LogP contribution in [0.3, 0.4) is 0 Å². The molecule has 37 heavy (non-hydrogen) atoms. The lowest BCUT2D eigenvalue weighted by Crippen LogP contribution is -2.40. The summed E-state index contributed by atoms with van der Waals surface area (Å²) in [6.45, 7) is 1.67. The van der Waals surface area contributed by atoms with Crippen molar-refractivity contribution in [1.29, 1.82) is 0 Å². The molecule has 1 aliphatic heterocycles. The van der Waals surface area contributed by atoms with Crippen molar-refractivity contribution in [1.82, 2.24) is 30.0 Å². The van der Waals surface area contributed by atoms with E-state index in [2.05, 4.69) is 20.4 Å².